The fourth-order valence-electron chi connectivity index (χ4n) is 1.70. The normalized spacial score (nSPS) is 10.5. The van der Waals surface area contributed by atoms with Crippen molar-refractivity contribution in [2.45, 2.75) is 6.92 Å². The van der Waals surface area contributed by atoms with E-state index in [1.54, 1.807) is 35.3 Å². The van der Waals surface area contributed by atoms with Crippen molar-refractivity contribution in [1.29, 1.82) is 5.26 Å². The summed E-state index contributed by atoms with van der Waals surface area (Å²) in [5.74, 6) is -0.486. The summed E-state index contributed by atoms with van der Waals surface area (Å²) in [7, 11) is 0. The molecule has 0 aliphatic rings. The molecule has 0 saturated carbocycles. The lowest BCUT2D eigenvalue weighted by Gasteiger charge is -2.16. The molecule has 0 unspecified atom stereocenters. The zero-order chi connectivity index (χ0) is 16.5. The zero-order valence-corrected chi connectivity index (χ0v) is 13.2. The van der Waals surface area contributed by atoms with Gasteiger partial charge in [0.1, 0.15) is 11.6 Å². The lowest BCUT2D eigenvalue weighted by Crippen LogP contribution is -2.21. The Hall–Kier alpha value is -2.51. The standard InChI is InChI=1S/C17H18ClN3O/c1-4-8-21(9-5-2)12-14(11-19)17(22)20-15-7-6-13(3)16(18)10-15/h4-7,10,12H,1-2,8-9H2,3H3,(H,20,22)/b14-12-. The van der Waals surface area contributed by atoms with Crippen LogP contribution in [0.25, 0.3) is 0 Å². The molecule has 1 N–H and O–H groups in total. The molecular weight excluding hydrogens is 298 g/mol. The van der Waals surface area contributed by atoms with Gasteiger partial charge in [0.15, 0.2) is 0 Å². The van der Waals surface area contributed by atoms with Gasteiger partial charge in [-0.05, 0) is 24.6 Å². The highest BCUT2D eigenvalue weighted by molar-refractivity contribution is 6.31. The van der Waals surface area contributed by atoms with Crippen molar-refractivity contribution >= 4 is 23.2 Å². The summed E-state index contributed by atoms with van der Waals surface area (Å²) in [4.78, 5) is 13.9. The molecule has 0 fully saturated rings. The number of halogens is 1. The molecule has 0 heterocycles. The monoisotopic (exact) mass is 315 g/mol. The largest absolute Gasteiger partial charge is 0.369 e. The van der Waals surface area contributed by atoms with Crippen molar-refractivity contribution in [1.82, 2.24) is 4.90 Å². The molecule has 1 aromatic carbocycles. The van der Waals surface area contributed by atoms with Crippen LogP contribution in [0.4, 0.5) is 5.69 Å². The maximum atomic E-state index is 12.2. The van der Waals surface area contributed by atoms with Crippen molar-refractivity contribution in [2.75, 3.05) is 18.4 Å². The van der Waals surface area contributed by atoms with Crippen LogP contribution in [-0.2, 0) is 4.79 Å². The summed E-state index contributed by atoms with van der Waals surface area (Å²) in [6.07, 6.45) is 4.87. The highest BCUT2D eigenvalue weighted by atomic mass is 35.5. The fraction of sp³-hybridized carbons (Fsp3) is 0.176. The van der Waals surface area contributed by atoms with Gasteiger partial charge in [0.2, 0.25) is 0 Å². The molecule has 22 heavy (non-hydrogen) atoms. The van der Waals surface area contributed by atoms with Crippen LogP contribution in [0.1, 0.15) is 5.56 Å². The molecule has 1 aromatic rings. The van der Waals surface area contributed by atoms with Gasteiger partial charge < -0.3 is 10.2 Å². The van der Waals surface area contributed by atoms with E-state index in [2.05, 4.69) is 18.5 Å². The molecule has 0 aliphatic carbocycles. The van der Waals surface area contributed by atoms with E-state index >= 15 is 0 Å². The number of aryl methyl sites for hydroxylation is 1. The van der Waals surface area contributed by atoms with Gasteiger partial charge in [-0.1, -0.05) is 29.8 Å². The summed E-state index contributed by atoms with van der Waals surface area (Å²) in [5, 5.41) is 12.4. The Morgan fingerprint density at radius 1 is 1.41 bits per heavy atom. The SMILES string of the molecule is C=CCN(/C=C(/C#N)C(=O)Nc1ccc(C)c(Cl)c1)CC=C. The number of nitriles is 1. The lowest BCUT2D eigenvalue weighted by molar-refractivity contribution is -0.112. The number of anilines is 1. The summed E-state index contributed by atoms with van der Waals surface area (Å²) in [5.41, 5.74) is 1.46. The Kier molecular flexibility index (Phi) is 6.94. The highest BCUT2D eigenvalue weighted by Gasteiger charge is 2.11. The maximum absolute atomic E-state index is 12.2. The van der Waals surface area contributed by atoms with Gasteiger partial charge in [0.05, 0.1) is 0 Å². The van der Waals surface area contributed by atoms with Crippen LogP contribution in [0, 0.1) is 18.3 Å². The van der Waals surface area contributed by atoms with Gasteiger partial charge in [-0.15, -0.1) is 13.2 Å². The topological polar surface area (TPSA) is 56.1 Å². The van der Waals surface area contributed by atoms with E-state index in [1.807, 2.05) is 13.0 Å². The van der Waals surface area contributed by atoms with E-state index in [4.69, 9.17) is 11.6 Å². The zero-order valence-electron chi connectivity index (χ0n) is 12.5. The number of amides is 1. The minimum atomic E-state index is -0.486. The fourth-order valence-corrected chi connectivity index (χ4v) is 1.88. The van der Waals surface area contributed by atoms with Gasteiger partial charge >= 0.3 is 0 Å². The number of nitrogens with zero attached hydrogens (tertiary/aromatic N) is 2. The third-order valence-electron chi connectivity index (χ3n) is 2.83. The molecule has 0 radical (unpaired) electrons. The van der Waals surface area contributed by atoms with E-state index in [0.29, 0.717) is 23.8 Å². The molecule has 0 bridgehead atoms. The van der Waals surface area contributed by atoms with Crippen molar-refractivity contribution < 1.29 is 4.79 Å². The molecular formula is C17H18ClN3O. The first kappa shape index (κ1) is 17.5. The van der Waals surface area contributed by atoms with E-state index in [0.717, 1.165) is 5.56 Å². The Labute approximate surface area is 136 Å². The van der Waals surface area contributed by atoms with Crippen LogP contribution in [0.15, 0.2) is 55.3 Å². The van der Waals surface area contributed by atoms with E-state index in [9.17, 15) is 10.1 Å². The lowest BCUT2D eigenvalue weighted by atomic mass is 10.2. The summed E-state index contributed by atoms with van der Waals surface area (Å²) in [6.45, 7) is 10.2. The van der Waals surface area contributed by atoms with Crippen LogP contribution < -0.4 is 5.32 Å². The minimum Gasteiger partial charge on any atom is -0.369 e. The van der Waals surface area contributed by atoms with Crippen molar-refractivity contribution in [3.8, 4) is 6.07 Å². The number of benzene rings is 1. The average Bonchev–Trinajstić information content (AvgIpc) is 2.48. The van der Waals surface area contributed by atoms with E-state index < -0.39 is 5.91 Å². The Morgan fingerprint density at radius 3 is 2.55 bits per heavy atom. The summed E-state index contributed by atoms with van der Waals surface area (Å²) in [6, 6.07) is 7.09. The van der Waals surface area contributed by atoms with Gasteiger partial charge in [-0.25, -0.2) is 0 Å². The smallest absolute Gasteiger partial charge is 0.267 e. The Morgan fingerprint density at radius 2 is 2.05 bits per heavy atom. The van der Waals surface area contributed by atoms with Crippen LogP contribution in [-0.4, -0.2) is 23.9 Å². The molecule has 5 heteroatoms. The van der Waals surface area contributed by atoms with Crippen LogP contribution in [0.5, 0.6) is 0 Å². The molecule has 0 atom stereocenters. The van der Waals surface area contributed by atoms with Crippen LogP contribution in [0.3, 0.4) is 0 Å². The van der Waals surface area contributed by atoms with Crippen LogP contribution >= 0.6 is 11.6 Å². The quantitative estimate of drug-likeness (QED) is 0.474. The van der Waals surface area contributed by atoms with Gasteiger partial charge in [-0.3, -0.25) is 4.79 Å². The molecule has 0 saturated heterocycles. The maximum Gasteiger partial charge on any atom is 0.267 e. The molecule has 0 spiro atoms. The molecule has 4 nitrogen and oxygen atoms in total. The number of carbonyl (C=O) groups is 1. The number of carbonyl (C=O) groups excluding carboxylic acids is 1. The number of rotatable bonds is 7. The molecule has 1 amide bonds. The first-order valence-corrected chi connectivity index (χ1v) is 7.05. The first-order valence-electron chi connectivity index (χ1n) is 6.67. The predicted octanol–water partition coefficient (Wildman–Crippen LogP) is 3.67. The van der Waals surface area contributed by atoms with Gasteiger partial charge in [0.25, 0.3) is 5.91 Å². The Bertz CT molecular complexity index is 634. The van der Waals surface area contributed by atoms with E-state index in [1.165, 1.54) is 6.20 Å². The number of nitrogens with one attached hydrogen (secondary N) is 1. The number of hydrogen-bond acceptors (Lipinski definition) is 3. The minimum absolute atomic E-state index is 0.000368. The van der Waals surface area contributed by atoms with Crippen molar-refractivity contribution in [2.24, 2.45) is 0 Å². The highest BCUT2D eigenvalue weighted by Crippen LogP contribution is 2.20. The summed E-state index contributed by atoms with van der Waals surface area (Å²) < 4.78 is 0. The molecule has 0 aliphatic heterocycles. The number of hydrogen-bond donors (Lipinski definition) is 1. The van der Waals surface area contributed by atoms with Crippen molar-refractivity contribution in [3.05, 3.63) is 65.9 Å². The molecule has 0 aromatic heterocycles. The van der Waals surface area contributed by atoms with E-state index in [-0.39, 0.29) is 5.57 Å². The Balaban J connectivity index is 2.91. The van der Waals surface area contributed by atoms with Crippen LogP contribution in [0.2, 0.25) is 5.02 Å². The summed E-state index contributed by atoms with van der Waals surface area (Å²) >= 11 is 6.02. The third kappa shape index (κ3) is 5.12. The average molecular weight is 316 g/mol. The molecule has 114 valence electrons. The second-order valence-electron chi connectivity index (χ2n) is 4.60. The molecule has 1 rings (SSSR count). The third-order valence-corrected chi connectivity index (χ3v) is 3.24. The van der Waals surface area contributed by atoms with Gasteiger partial charge in [0, 0.05) is 30.0 Å². The van der Waals surface area contributed by atoms with Crippen molar-refractivity contribution in [3.63, 3.8) is 0 Å². The first-order chi connectivity index (χ1) is 10.5. The second-order valence-corrected chi connectivity index (χ2v) is 5.01. The van der Waals surface area contributed by atoms with Gasteiger partial charge in [-0.2, -0.15) is 5.26 Å². The predicted molar refractivity (Wildman–Crippen MR) is 90.5 cm³/mol. The second kappa shape index (κ2) is 8.71.